The monoisotopic (exact) mass is 278 g/mol. The molecule has 0 fully saturated rings. The first kappa shape index (κ1) is 15.4. The molecule has 0 aromatic rings. The van der Waals surface area contributed by atoms with E-state index in [4.69, 9.17) is 4.74 Å². The molecule has 0 aromatic heterocycles. The van der Waals surface area contributed by atoms with Crippen molar-refractivity contribution >= 4 is 15.9 Å². The predicted octanol–water partition coefficient (Wildman–Crippen LogP) is 4.50. The van der Waals surface area contributed by atoms with Crippen LogP contribution in [0.25, 0.3) is 0 Å². The average molecular weight is 279 g/mol. The molecular formula is C13H27BrO. The minimum atomic E-state index is 0.380. The minimum absolute atomic E-state index is 0.380. The molecule has 0 spiro atoms. The third-order valence-electron chi connectivity index (χ3n) is 2.86. The molecule has 0 N–H and O–H groups in total. The summed E-state index contributed by atoms with van der Waals surface area (Å²) in [7, 11) is 0. The summed E-state index contributed by atoms with van der Waals surface area (Å²) in [5.41, 5.74) is 0.380. The quantitative estimate of drug-likeness (QED) is 0.492. The van der Waals surface area contributed by atoms with E-state index in [-0.39, 0.29) is 0 Å². The Morgan fingerprint density at radius 2 is 1.60 bits per heavy atom. The molecule has 1 unspecified atom stereocenters. The molecule has 0 radical (unpaired) electrons. The number of alkyl halides is 1. The van der Waals surface area contributed by atoms with E-state index in [1.807, 2.05) is 0 Å². The van der Waals surface area contributed by atoms with E-state index in [0.717, 1.165) is 30.9 Å². The van der Waals surface area contributed by atoms with Gasteiger partial charge in [0.05, 0.1) is 0 Å². The van der Waals surface area contributed by atoms with E-state index in [1.165, 1.54) is 6.42 Å². The third kappa shape index (κ3) is 8.27. The zero-order valence-electron chi connectivity index (χ0n) is 11.0. The van der Waals surface area contributed by atoms with Crippen LogP contribution >= 0.6 is 15.9 Å². The van der Waals surface area contributed by atoms with Crippen molar-refractivity contribution in [1.82, 2.24) is 0 Å². The molecule has 0 aromatic carbocycles. The Morgan fingerprint density at radius 3 is 2.00 bits per heavy atom. The zero-order chi connectivity index (χ0) is 11.9. The van der Waals surface area contributed by atoms with Crippen molar-refractivity contribution in [3.63, 3.8) is 0 Å². The maximum Gasteiger partial charge on any atom is 0.0469 e. The van der Waals surface area contributed by atoms with Crippen LogP contribution in [0.3, 0.4) is 0 Å². The smallest absolute Gasteiger partial charge is 0.0469 e. The Morgan fingerprint density at radius 1 is 1.07 bits per heavy atom. The number of rotatable bonds is 7. The van der Waals surface area contributed by atoms with Crippen molar-refractivity contribution in [2.45, 2.75) is 47.5 Å². The van der Waals surface area contributed by atoms with Crippen molar-refractivity contribution in [2.24, 2.45) is 17.3 Å². The van der Waals surface area contributed by atoms with Crippen molar-refractivity contribution < 1.29 is 4.74 Å². The highest BCUT2D eigenvalue weighted by atomic mass is 79.9. The maximum atomic E-state index is 5.65. The summed E-state index contributed by atoms with van der Waals surface area (Å²) in [6, 6.07) is 0. The van der Waals surface area contributed by atoms with Crippen LogP contribution in [0, 0.1) is 17.3 Å². The van der Waals surface area contributed by atoms with Gasteiger partial charge in [-0.1, -0.05) is 50.5 Å². The lowest BCUT2D eigenvalue weighted by Crippen LogP contribution is -2.23. The molecule has 0 amide bonds. The number of halogens is 1. The van der Waals surface area contributed by atoms with Gasteiger partial charge < -0.3 is 4.74 Å². The van der Waals surface area contributed by atoms with E-state index in [9.17, 15) is 0 Å². The number of hydrogen-bond acceptors (Lipinski definition) is 1. The summed E-state index contributed by atoms with van der Waals surface area (Å²) in [6.07, 6.45) is 2.33. The van der Waals surface area contributed by atoms with Gasteiger partial charge in [0.1, 0.15) is 0 Å². The van der Waals surface area contributed by atoms with Crippen LogP contribution in [-0.4, -0.2) is 18.5 Å². The second-order valence-corrected chi connectivity index (χ2v) is 6.45. The molecule has 0 aliphatic rings. The minimum Gasteiger partial charge on any atom is -0.381 e. The molecule has 0 aliphatic carbocycles. The van der Waals surface area contributed by atoms with E-state index in [0.29, 0.717) is 11.3 Å². The molecule has 1 nitrogen and oxygen atoms in total. The van der Waals surface area contributed by atoms with Crippen molar-refractivity contribution in [3.8, 4) is 0 Å². The Kier molecular flexibility index (Phi) is 7.90. The standard InChI is InChI=1S/C13H27BrO/c1-11(2)6-8-15-9-7-12(10-14)13(3,4)5/h11-12H,6-10H2,1-5H3. The van der Waals surface area contributed by atoms with E-state index < -0.39 is 0 Å². The lowest BCUT2D eigenvalue weighted by Gasteiger charge is -2.29. The molecule has 1 atom stereocenters. The summed E-state index contributed by atoms with van der Waals surface area (Å²) in [6.45, 7) is 13.2. The Hall–Kier alpha value is 0.440. The highest BCUT2D eigenvalue weighted by Gasteiger charge is 2.22. The van der Waals surface area contributed by atoms with Gasteiger partial charge in [-0.15, -0.1) is 0 Å². The summed E-state index contributed by atoms with van der Waals surface area (Å²) in [4.78, 5) is 0. The fourth-order valence-electron chi connectivity index (χ4n) is 1.39. The highest BCUT2D eigenvalue weighted by molar-refractivity contribution is 9.09. The van der Waals surface area contributed by atoms with Crippen LogP contribution < -0.4 is 0 Å². The number of hydrogen-bond donors (Lipinski definition) is 0. The first-order valence-corrected chi connectivity index (χ1v) is 7.13. The summed E-state index contributed by atoms with van der Waals surface area (Å²) < 4.78 is 5.65. The summed E-state index contributed by atoms with van der Waals surface area (Å²) >= 11 is 3.59. The van der Waals surface area contributed by atoms with Gasteiger partial charge in [0.25, 0.3) is 0 Å². The fraction of sp³-hybridized carbons (Fsp3) is 1.00. The van der Waals surface area contributed by atoms with Crippen LogP contribution in [0.2, 0.25) is 0 Å². The fourth-order valence-corrected chi connectivity index (χ4v) is 2.68. The molecular weight excluding hydrogens is 252 g/mol. The number of ether oxygens (including phenoxy) is 1. The largest absolute Gasteiger partial charge is 0.381 e. The third-order valence-corrected chi connectivity index (χ3v) is 3.64. The average Bonchev–Trinajstić information content (AvgIpc) is 2.08. The second kappa shape index (κ2) is 7.67. The molecule has 0 heterocycles. The summed E-state index contributed by atoms with van der Waals surface area (Å²) in [5, 5.41) is 1.07. The van der Waals surface area contributed by atoms with Gasteiger partial charge in [0, 0.05) is 18.5 Å². The zero-order valence-corrected chi connectivity index (χ0v) is 12.6. The van der Waals surface area contributed by atoms with Crippen molar-refractivity contribution in [2.75, 3.05) is 18.5 Å². The van der Waals surface area contributed by atoms with Crippen LogP contribution in [0.1, 0.15) is 47.5 Å². The second-order valence-electron chi connectivity index (χ2n) is 5.80. The molecule has 92 valence electrons. The Labute approximate surface area is 104 Å². The van der Waals surface area contributed by atoms with Crippen LogP contribution in [-0.2, 0) is 4.74 Å². The molecule has 0 bridgehead atoms. The SMILES string of the molecule is CC(C)CCOCCC(CBr)C(C)(C)C. The van der Waals surface area contributed by atoms with E-state index in [2.05, 4.69) is 50.5 Å². The molecule has 2 heteroatoms. The van der Waals surface area contributed by atoms with Crippen LogP contribution in [0.5, 0.6) is 0 Å². The van der Waals surface area contributed by atoms with Gasteiger partial charge in [-0.05, 0) is 30.1 Å². The highest BCUT2D eigenvalue weighted by Crippen LogP contribution is 2.30. The van der Waals surface area contributed by atoms with Gasteiger partial charge in [-0.3, -0.25) is 0 Å². The normalized spacial score (nSPS) is 14.6. The summed E-state index contributed by atoms with van der Waals surface area (Å²) in [5.74, 6) is 1.45. The molecule has 15 heavy (non-hydrogen) atoms. The first-order valence-electron chi connectivity index (χ1n) is 6.01. The molecule has 0 rings (SSSR count). The molecule has 0 saturated heterocycles. The predicted molar refractivity (Wildman–Crippen MR) is 71.6 cm³/mol. The van der Waals surface area contributed by atoms with Gasteiger partial charge >= 0.3 is 0 Å². The lowest BCUT2D eigenvalue weighted by atomic mass is 9.80. The van der Waals surface area contributed by atoms with E-state index >= 15 is 0 Å². The van der Waals surface area contributed by atoms with Crippen LogP contribution in [0.15, 0.2) is 0 Å². The van der Waals surface area contributed by atoms with Crippen molar-refractivity contribution in [3.05, 3.63) is 0 Å². The van der Waals surface area contributed by atoms with Gasteiger partial charge in [0.2, 0.25) is 0 Å². The van der Waals surface area contributed by atoms with Crippen LogP contribution in [0.4, 0.5) is 0 Å². The Bertz CT molecular complexity index is 149. The Balaban J connectivity index is 3.56. The topological polar surface area (TPSA) is 9.23 Å². The lowest BCUT2D eigenvalue weighted by molar-refractivity contribution is 0.0961. The molecule has 0 aliphatic heterocycles. The van der Waals surface area contributed by atoms with Crippen molar-refractivity contribution in [1.29, 1.82) is 0 Å². The first-order chi connectivity index (χ1) is 6.88. The van der Waals surface area contributed by atoms with Gasteiger partial charge in [-0.25, -0.2) is 0 Å². The van der Waals surface area contributed by atoms with Gasteiger partial charge in [-0.2, -0.15) is 0 Å². The van der Waals surface area contributed by atoms with Gasteiger partial charge in [0.15, 0.2) is 0 Å². The molecule has 0 saturated carbocycles. The van der Waals surface area contributed by atoms with E-state index in [1.54, 1.807) is 0 Å². The maximum absolute atomic E-state index is 5.65.